The summed E-state index contributed by atoms with van der Waals surface area (Å²) in [5.74, 6) is 0.576. The highest BCUT2D eigenvalue weighted by atomic mass is 32.2. The molecule has 1 fully saturated rings. The molecule has 18 heavy (non-hydrogen) atoms. The first-order valence-corrected chi connectivity index (χ1v) is 7.61. The van der Waals surface area contributed by atoms with E-state index in [0.717, 1.165) is 6.42 Å². The molecule has 0 aliphatic carbocycles. The van der Waals surface area contributed by atoms with Crippen LogP contribution in [-0.2, 0) is 9.53 Å². The van der Waals surface area contributed by atoms with Crippen LogP contribution in [0, 0.1) is 5.92 Å². The van der Waals surface area contributed by atoms with Crippen LogP contribution >= 0.6 is 11.8 Å². The smallest absolute Gasteiger partial charge is 0.322 e. The second-order valence-corrected chi connectivity index (χ2v) is 6.25. The largest absolute Gasteiger partial charge is 0.465 e. The minimum Gasteiger partial charge on any atom is -0.465 e. The molecule has 1 aromatic rings. The van der Waals surface area contributed by atoms with E-state index >= 15 is 0 Å². The molecule has 2 atom stereocenters. The molecule has 1 aliphatic heterocycles. The highest BCUT2D eigenvalue weighted by molar-refractivity contribution is 8.00. The average Bonchev–Trinajstić information content (AvgIpc) is 2.73. The van der Waals surface area contributed by atoms with Gasteiger partial charge in [-0.05, 0) is 17.7 Å². The Hall–Kier alpha value is -0.960. The van der Waals surface area contributed by atoms with E-state index in [2.05, 4.69) is 26.0 Å². The average molecular weight is 264 g/mol. The van der Waals surface area contributed by atoms with Crippen molar-refractivity contribution in [1.29, 1.82) is 0 Å². The third-order valence-corrected chi connectivity index (χ3v) is 5.10. The number of rotatable bonds is 4. The monoisotopic (exact) mass is 264 g/mol. The zero-order valence-corrected chi connectivity index (χ0v) is 12.0. The number of hydrogen-bond acceptors (Lipinski definition) is 3. The topological polar surface area (TPSA) is 26.3 Å². The lowest BCUT2D eigenvalue weighted by Crippen LogP contribution is -2.40. The molecule has 0 radical (unpaired) electrons. The van der Waals surface area contributed by atoms with Gasteiger partial charge in [0.25, 0.3) is 0 Å². The van der Waals surface area contributed by atoms with E-state index < -0.39 is 4.75 Å². The predicted molar refractivity (Wildman–Crippen MR) is 75.8 cm³/mol. The van der Waals surface area contributed by atoms with Crippen LogP contribution in [0.1, 0.15) is 31.7 Å². The molecule has 2 unspecified atom stereocenters. The molecule has 0 bridgehead atoms. The van der Waals surface area contributed by atoms with Crippen LogP contribution in [0.3, 0.4) is 0 Å². The summed E-state index contributed by atoms with van der Waals surface area (Å²) >= 11 is 1.64. The molecular weight excluding hydrogens is 244 g/mol. The number of thioether (sulfide) groups is 1. The van der Waals surface area contributed by atoms with E-state index in [1.807, 2.05) is 24.5 Å². The molecule has 0 aromatic heterocycles. The van der Waals surface area contributed by atoms with Gasteiger partial charge in [0.05, 0.1) is 6.61 Å². The minimum atomic E-state index is -0.407. The molecule has 2 nitrogen and oxygen atoms in total. The molecule has 0 N–H and O–H groups in total. The molecule has 2 rings (SSSR count). The predicted octanol–water partition coefficient (Wildman–Crippen LogP) is 3.47. The Bertz CT molecular complexity index is 416. The van der Waals surface area contributed by atoms with E-state index in [-0.39, 0.29) is 11.9 Å². The number of ether oxygens (including phenoxy) is 1. The van der Waals surface area contributed by atoms with Gasteiger partial charge in [0, 0.05) is 12.3 Å². The molecule has 1 heterocycles. The Kier molecular flexibility index (Phi) is 4.00. The van der Waals surface area contributed by atoms with Crippen LogP contribution in [0.2, 0.25) is 0 Å². The van der Waals surface area contributed by atoms with Crippen molar-refractivity contribution in [2.45, 2.75) is 30.9 Å². The molecule has 1 aliphatic rings. The first-order chi connectivity index (χ1) is 8.62. The van der Waals surface area contributed by atoms with Gasteiger partial charge in [-0.1, -0.05) is 44.2 Å². The zero-order chi connectivity index (χ0) is 13.2. The Balaban J connectivity index is 2.44. The number of hydrogen-bond donors (Lipinski definition) is 0. The number of carbonyl (C=O) groups is 1. The molecule has 98 valence electrons. The van der Waals surface area contributed by atoms with Crippen molar-refractivity contribution in [2.24, 2.45) is 5.92 Å². The Morgan fingerprint density at radius 3 is 2.39 bits per heavy atom. The first-order valence-electron chi connectivity index (χ1n) is 6.39. The Morgan fingerprint density at radius 2 is 1.94 bits per heavy atom. The normalized spacial score (nSPS) is 25.2. The van der Waals surface area contributed by atoms with Crippen molar-refractivity contribution >= 4 is 17.7 Å². The number of cyclic esters (lactones) is 1. The molecule has 0 saturated carbocycles. The van der Waals surface area contributed by atoms with Gasteiger partial charge in [0.2, 0.25) is 0 Å². The fourth-order valence-corrected chi connectivity index (χ4v) is 4.14. The Labute approximate surface area is 113 Å². The van der Waals surface area contributed by atoms with Crippen molar-refractivity contribution in [3.05, 3.63) is 35.9 Å². The summed E-state index contributed by atoms with van der Waals surface area (Å²) < 4.78 is 4.85. The maximum Gasteiger partial charge on any atom is 0.322 e. The second kappa shape index (κ2) is 5.35. The third kappa shape index (κ3) is 2.16. The van der Waals surface area contributed by atoms with Crippen LogP contribution < -0.4 is 0 Å². The maximum absolute atomic E-state index is 12.2. The molecule has 0 amide bonds. The molecular formula is C15H20O2S. The van der Waals surface area contributed by atoms with E-state index in [0.29, 0.717) is 12.5 Å². The summed E-state index contributed by atoms with van der Waals surface area (Å²) in [6.45, 7) is 4.91. The quantitative estimate of drug-likeness (QED) is 0.779. The highest BCUT2D eigenvalue weighted by Gasteiger charge is 2.51. The molecule has 0 spiro atoms. The van der Waals surface area contributed by atoms with Crippen molar-refractivity contribution in [3.8, 4) is 0 Å². The van der Waals surface area contributed by atoms with Crippen LogP contribution in [0.5, 0.6) is 0 Å². The van der Waals surface area contributed by atoms with E-state index in [1.165, 1.54) is 5.56 Å². The van der Waals surface area contributed by atoms with Crippen molar-refractivity contribution in [1.82, 2.24) is 0 Å². The molecule has 1 saturated heterocycles. The summed E-state index contributed by atoms with van der Waals surface area (Å²) in [5.41, 5.74) is 1.24. The van der Waals surface area contributed by atoms with Gasteiger partial charge in [-0.15, -0.1) is 11.8 Å². The van der Waals surface area contributed by atoms with Crippen LogP contribution in [-0.4, -0.2) is 23.6 Å². The summed E-state index contributed by atoms with van der Waals surface area (Å²) in [6, 6.07) is 10.3. The third-order valence-electron chi connectivity index (χ3n) is 3.74. The fraction of sp³-hybridized carbons (Fsp3) is 0.533. The minimum absolute atomic E-state index is 0.0439. The summed E-state index contributed by atoms with van der Waals surface area (Å²) in [6.07, 6.45) is 2.83. The van der Waals surface area contributed by atoms with Crippen LogP contribution in [0.4, 0.5) is 0 Å². The lowest BCUT2D eigenvalue weighted by molar-refractivity contribution is -0.140. The SMILES string of the molecule is CSC1(C(c2ccccc2)C(C)C)CCOC1=O. The van der Waals surface area contributed by atoms with E-state index in [1.54, 1.807) is 11.8 Å². The summed E-state index contributed by atoms with van der Waals surface area (Å²) in [5, 5.41) is 0. The van der Waals surface area contributed by atoms with Crippen LogP contribution in [0.25, 0.3) is 0 Å². The lowest BCUT2D eigenvalue weighted by Gasteiger charge is -2.35. The lowest BCUT2D eigenvalue weighted by atomic mass is 9.77. The second-order valence-electron chi connectivity index (χ2n) is 5.11. The zero-order valence-electron chi connectivity index (χ0n) is 11.2. The fourth-order valence-electron chi connectivity index (χ4n) is 2.97. The molecule has 1 aromatic carbocycles. The number of benzene rings is 1. The highest BCUT2D eigenvalue weighted by Crippen LogP contribution is 2.48. The van der Waals surface area contributed by atoms with Gasteiger partial charge in [-0.2, -0.15) is 0 Å². The number of esters is 1. The van der Waals surface area contributed by atoms with Gasteiger partial charge >= 0.3 is 5.97 Å². The molecule has 3 heteroatoms. The van der Waals surface area contributed by atoms with Crippen molar-refractivity contribution < 1.29 is 9.53 Å². The van der Waals surface area contributed by atoms with Crippen molar-refractivity contribution in [2.75, 3.05) is 12.9 Å². The summed E-state index contributed by atoms with van der Waals surface area (Å²) in [4.78, 5) is 12.2. The van der Waals surface area contributed by atoms with E-state index in [9.17, 15) is 4.79 Å². The maximum atomic E-state index is 12.2. The number of carbonyl (C=O) groups excluding carboxylic acids is 1. The van der Waals surface area contributed by atoms with Gasteiger partial charge in [0.15, 0.2) is 0 Å². The van der Waals surface area contributed by atoms with Gasteiger partial charge in [-0.3, -0.25) is 4.79 Å². The van der Waals surface area contributed by atoms with Gasteiger partial charge in [-0.25, -0.2) is 0 Å². The Morgan fingerprint density at radius 1 is 1.28 bits per heavy atom. The first kappa shape index (κ1) is 13.5. The van der Waals surface area contributed by atoms with Gasteiger partial charge in [0.1, 0.15) is 4.75 Å². The van der Waals surface area contributed by atoms with Crippen molar-refractivity contribution in [3.63, 3.8) is 0 Å². The van der Waals surface area contributed by atoms with Crippen LogP contribution in [0.15, 0.2) is 30.3 Å². The summed E-state index contributed by atoms with van der Waals surface area (Å²) in [7, 11) is 0. The standard InChI is InChI=1S/C15H20O2S/c1-11(2)13(12-7-5-4-6-8-12)15(18-3)9-10-17-14(15)16/h4-8,11,13H,9-10H2,1-3H3. The van der Waals surface area contributed by atoms with Gasteiger partial charge < -0.3 is 4.74 Å². The van der Waals surface area contributed by atoms with E-state index in [4.69, 9.17) is 4.74 Å².